The molecule has 1 aromatic carbocycles. The number of halogens is 1. The number of nitrogens with zero attached hydrogens (tertiary/aromatic N) is 3. The predicted octanol–water partition coefficient (Wildman–Crippen LogP) is 3.17. The first kappa shape index (κ1) is 11.7. The third-order valence-electron chi connectivity index (χ3n) is 2.76. The Morgan fingerprint density at radius 3 is 2.58 bits per heavy atom. The Kier molecular flexibility index (Phi) is 2.93. The predicted molar refractivity (Wildman–Crippen MR) is 76.2 cm³/mol. The van der Waals surface area contributed by atoms with Crippen LogP contribution >= 0.6 is 11.6 Å². The van der Waals surface area contributed by atoms with Gasteiger partial charge in [-0.25, -0.2) is 4.68 Å². The average molecular weight is 271 g/mol. The molecule has 0 saturated carbocycles. The maximum atomic E-state index is 6.00. The van der Waals surface area contributed by atoms with E-state index in [-0.39, 0.29) is 0 Å². The smallest absolute Gasteiger partial charge is 0.127 e. The van der Waals surface area contributed by atoms with Gasteiger partial charge in [-0.1, -0.05) is 23.7 Å². The van der Waals surface area contributed by atoms with Crippen molar-refractivity contribution in [1.82, 2.24) is 14.8 Å². The zero-order valence-corrected chi connectivity index (χ0v) is 10.7. The lowest BCUT2D eigenvalue weighted by Crippen LogP contribution is -2.01. The molecule has 0 fully saturated rings. The van der Waals surface area contributed by atoms with Gasteiger partial charge in [0.05, 0.1) is 11.4 Å². The minimum Gasteiger partial charge on any atom is -0.384 e. The second-order valence-electron chi connectivity index (χ2n) is 4.08. The van der Waals surface area contributed by atoms with Crippen LogP contribution in [0.25, 0.3) is 16.9 Å². The highest BCUT2D eigenvalue weighted by Crippen LogP contribution is 2.24. The monoisotopic (exact) mass is 270 g/mol. The number of benzene rings is 1. The van der Waals surface area contributed by atoms with Crippen LogP contribution in [0.2, 0.25) is 5.02 Å². The van der Waals surface area contributed by atoms with Crippen molar-refractivity contribution in [3.63, 3.8) is 0 Å². The third-order valence-corrected chi connectivity index (χ3v) is 3.00. The summed E-state index contributed by atoms with van der Waals surface area (Å²) in [6.45, 7) is 0. The molecule has 0 aliphatic heterocycles. The number of hydrogen-bond donors (Lipinski definition) is 1. The maximum absolute atomic E-state index is 6.00. The van der Waals surface area contributed by atoms with Crippen molar-refractivity contribution in [2.45, 2.75) is 0 Å². The normalized spacial score (nSPS) is 10.6. The van der Waals surface area contributed by atoms with Crippen molar-refractivity contribution >= 4 is 17.4 Å². The molecule has 0 radical (unpaired) electrons. The van der Waals surface area contributed by atoms with E-state index in [2.05, 4.69) is 10.1 Å². The van der Waals surface area contributed by atoms with E-state index in [4.69, 9.17) is 17.3 Å². The van der Waals surface area contributed by atoms with E-state index in [1.807, 2.05) is 42.5 Å². The quantitative estimate of drug-likeness (QED) is 0.778. The number of nitrogens with two attached hydrogens (primary N) is 1. The summed E-state index contributed by atoms with van der Waals surface area (Å²) < 4.78 is 1.68. The standard InChI is InChI=1S/C14H11ClN4/c15-11-3-1-2-10(8-11)13-9-14(16)19(18-13)12-4-6-17-7-5-12/h1-9H,16H2. The van der Waals surface area contributed by atoms with Crippen LogP contribution < -0.4 is 5.73 Å². The van der Waals surface area contributed by atoms with Crippen molar-refractivity contribution in [3.8, 4) is 16.9 Å². The largest absolute Gasteiger partial charge is 0.384 e. The van der Waals surface area contributed by atoms with E-state index in [1.165, 1.54) is 0 Å². The van der Waals surface area contributed by atoms with Gasteiger partial charge in [0, 0.05) is 29.0 Å². The van der Waals surface area contributed by atoms with Crippen LogP contribution in [0, 0.1) is 0 Å². The molecule has 3 aromatic rings. The van der Waals surface area contributed by atoms with Crippen LogP contribution in [0.4, 0.5) is 5.82 Å². The first-order valence-corrected chi connectivity index (χ1v) is 6.14. The number of hydrogen-bond acceptors (Lipinski definition) is 3. The molecule has 0 aliphatic carbocycles. The Morgan fingerprint density at radius 1 is 1.05 bits per heavy atom. The van der Waals surface area contributed by atoms with E-state index < -0.39 is 0 Å². The lowest BCUT2D eigenvalue weighted by molar-refractivity contribution is 0.892. The molecule has 2 aromatic heterocycles. The molecule has 0 spiro atoms. The van der Waals surface area contributed by atoms with Gasteiger partial charge in [-0.3, -0.25) is 4.98 Å². The maximum Gasteiger partial charge on any atom is 0.127 e. The molecular formula is C14H11ClN4. The molecule has 0 unspecified atom stereocenters. The fourth-order valence-corrected chi connectivity index (χ4v) is 2.07. The highest BCUT2D eigenvalue weighted by atomic mass is 35.5. The van der Waals surface area contributed by atoms with Gasteiger partial charge in [0.15, 0.2) is 0 Å². The van der Waals surface area contributed by atoms with Gasteiger partial charge in [0.2, 0.25) is 0 Å². The summed E-state index contributed by atoms with van der Waals surface area (Å²) in [6, 6.07) is 13.1. The van der Waals surface area contributed by atoms with Gasteiger partial charge < -0.3 is 5.73 Å². The topological polar surface area (TPSA) is 56.7 Å². The molecule has 2 heterocycles. The minimum absolute atomic E-state index is 0.571. The molecule has 0 amide bonds. The zero-order chi connectivity index (χ0) is 13.2. The molecule has 3 rings (SSSR count). The zero-order valence-electron chi connectivity index (χ0n) is 9.99. The Labute approximate surface area is 115 Å². The molecule has 0 atom stereocenters. The van der Waals surface area contributed by atoms with Gasteiger partial charge in [0.25, 0.3) is 0 Å². The summed E-state index contributed by atoms with van der Waals surface area (Å²) in [6.07, 6.45) is 3.41. The second kappa shape index (κ2) is 4.74. The van der Waals surface area contributed by atoms with Crippen molar-refractivity contribution in [3.05, 3.63) is 59.9 Å². The van der Waals surface area contributed by atoms with Gasteiger partial charge in [-0.2, -0.15) is 5.10 Å². The van der Waals surface area contributed by atoms with Crippen molar-refractivity contribution in [2.75, 3.05) is 5.73 Å². The first-order valence-electron chi connectivity index (χ1n) is 5.76. The fourth-order valence-electron chi connectivity index (χ4n) is 1.88. The third kappa shape index (κ3) is 2.30. The molecule has 19 heavy (non-hydrogen) atoms. The highest BCUT2D eigenvalue weighted by molar-refractivity contribution is 6.30. The molecule has 0 aliphatic rings. The lowest BCUT2D eigenvalue weighted by atomic mass is 10.1. The minimum atomic E-state index is 0.571. The van der Waals surface area contributed by atoms with Crippen LogP contribution in [0.5, 0.6) is 0 Å². The molecular weight excluding hydrogens is 260 g/mol. The van der Waals surface area contributed by atoms with Gasteiger partial charge in [0.1, 0.15) is 5.82 Å². The average Bonchev–Trinajstić information content (AvgIpc) is 2.82. The van der Waals surface area contributed by atoms with E-state index in [0.717, 1.165) is 16.9 Å². The van der Waals surface area contributed by atoms with E-state index in [0.29, 0.717) is 10.8 Å². The molecule has 5 heteroatoms. The number of anilines is 1. The lowest BCUT2D eigenvalue weighted by Gasteiger charge is -2.02. The highest BCUT2D eigenvalue weighted by Gasteiger charge is 2.08. The molecule has 2 N–H and O–H groups in total. The van der Waals surface area contributed by atoms with E-state index in [9.17, 15) is 0 Å². The van der Waals surface area contributed by atoms with Crippen LogP contribution in [0.15, 0.2) is 54.9 Å². The first-order chi connectivity index (χ1) is 9.24. The SMILES string of the molecule is Nc1cc(-c2cccc(Cl)c2)nn1-c1ccncc1. The molecule has 0 bridgehead atoms. The van der Waals surface area contributed by atoms with E-state index in [1.54, 1.807) is 17.1 Å². The second-order valence-corrected chi connectivity index (χ2v) is 4.52. The van der Waals surface area contributed by atoms with Gasteiger partial charge >= 0.3 is 0 Å². The van der Waals surface area contributed by atoms with Crippen LogP contribution in [-0.4, -0.2) is 14.8 Å². The summed E-state index contributed by atoms with van der Waals surface area (Å²) in [5.41, 5.74) is 8.60. The summed E-state index contributed by atoms with van der Waals surface area (Å²) in [4.78, 5) is 3.98. The summed E-state index contributed by atoms with van der Waals surface area (Å²) in [5, 5.41) is 5.17. The fraction of sp³-hybridized carbons (Fsp3) is 0. The van der Waals surface area contributed by atoms with Crippen molar-refractivity contribution < 1.29 is 0 Å². The van der Waals surface area contributed by atoms with E-state index >= 15 is 0 Å². The molecule has 94 valence electrons. The number of pyridine rings is 1. The number of aromatic nitrogens is 3. The molecule has 4 nitrogen and oxygen atoms in total. The number of nitrogen functional groups attached to an aromatic ring is 1. The van der Waals surface area contributed by atoms with Gasteiger partial charge in [-0.15, -0.1) is 0 Å². The van der Waals surface area contributed by atoms with Gasteiger partial charge in [-0.05, 0) is 24.3 Å². The van der Waals surface area contributed by atoms with Crippen LogP contribution in [0.1, 0.15) is 0 Å². The van der Waals surface area contributed by atoms with Crippen LogP contribution in [0.3, 0.4) is 0 Å². The summed E-state index contributed by atoms with van der Waals surface area (Å²) in [5.74, 6) is 0.571. The number of rotatable bonds is 2. The Hall–Kier alpha value is -2.33. The van der Waals surface area contributed by atoms with Crippen molar-refractivity contribution in [2.24, 2.45) is 0 Å². The summed E-state index contributed by atoms with van der Waals surface area (Å²) in [7, 11) is 0. The Bertz CT molecular complexity index is 706. The molecule has 0 saturated heterocycles. The summed E-state index contributed by atoms with van der Waals surface area (Å²) >= 11 is 5.98. The Balaban J connectivity index is 2.07. The van der Waals surface area contributed by atoms with Crippen molar-refractivity contribution in [1.29, 1.82) is 0 Å². The Morgan fingerprint density at radius 2 is 1.84 bits per heavy atom. The van der Waals surface area contributed by atoms with Crippen LogP contribution in [-0.2, 0) is 0 Å².